The molecule has 1 aromatic heterocycles. The average molecular weight is 285 g/mol. The van der Waals surface area contributed by atoms with E-state index in [0.717, 1.165) is 35.5 Å². The summed E-state index contributed by atoms with van der Waals surface area (Å²) in [6.07, 6.45) is 3.01. The molecule has 0 saturated carbocycles. The van der Waals surface area contributed by atoms with Crippen molar-refractivity contribution in [3.8, 4) is 0 Å². The van der Waals surface area contributed by atoms with Gasteiger partial charge in [-0.15, -0.1) is 0 Å². The molecule has 4 heteroatoms. The van der Waals surface area contributed by atoms with E-state index in [9.17, 15) is 0 Å². The molecule has 0 radical (unpaired) electrons. The van der Waals surface area contributed by atoms with Gasteiger partial charge in [0.25, 0.3) is 0 Å². The molecular weight excluding hydrogens is 268 g/mol. The zero-order chi connectivity index (χ0) is 11.5. The zero-order valence-corrected chi connectivity index (χ0v) is 11.3. The first-order chi connectivity index (χ1) is 7.66. The summed E-state index contributed by atoms with van der Waals surface area (Å²) in [5.41, 5.74) is 2.24. The molecule has 0 spiro atoms. The highest BCUT2D eigenvalue weighted by molar-refractivity contribution is 9.10. The Morgan fingerprint density at radius 3 is 3.06 bits per heavy atom. The van der Waals surface area contributed by atoms with E-state index in [1.54, 1.807) is 0 Å². The second-order valence-corrected chi connectivity index (χ2v) is 5.14. The summed E-state index contributed by atoms with van der Waals surface area (Å²) in [4.78, 5) is 4.28. The molecule has 2 unspecified atom stereocenters. The summed E-state index contributed by atoms with van der Waals surface area (Å²) < 4.78 is 6.31. The van der Waals surface area contributed by atoms with Crippen LogP contribution in [0.15, 0.2) is 16.9 Å². The highest BCUT2D eigenvalue weighted by Crippen LogP contribution is 2.22. The van der Waals surface area contributed by atoms with E-state index >= 15 is 0 Å². The minimum Gasteiger partial charge on any atom is -0.381 e. The lowest BCUT2D eigenvalue weighted by Gasteiger charge is -2.20. The largest absolute Gasteiger partial charge is 0.381 e. The molecule has 2 atom stereocenters. The molecule has 1 fully saturated rings. The van der Waals surface area contributed by atoms with Gasteiger partial charge < -0.3 is 10.1 Å². The van der Waals surface area contributed by atoms with Crippen LogP contribution in [0.3, 0.4) is 0 Å². The molecule has 1 aromatic rings. The number of hydrogen-bond acceptors (Lipinski definition) is 3. The van der Waals surface area contributed by atoms with Crippen LogP contribution in [0.25, 0.3) is 0 Å². The molecule has 16 heavy (non-hydrogen) atoms. The van der Waals surface area contributed by atoms with E-state index in [1.165, 1.54) is 0 Å². The number of aryl methyl sites for hydroxylation is 1. The van der Waals surface area contributed by atoms with Crippen LogP contribution in [0.4, 0.5) is 5.69 Å². The molecule has 1 saturated heterocycles. The summed E-state index contributed by atoms with van der Waals surface area (Å²) in [6, 6.07) is 2.55. The fourth-order valence-electron chi connectivity index (χ4n) is 1.96. The molecule has 88 valence electrons. The van der Waals surface area contributed by atoms with E-state index in [-0.39, 0.29) is 0 Å². The summed E-state index contributed by atoms with van der Waals surface area (Å²) >= 11 is 3.40. The Morgan fingerprint density at radius 1 is 1.62 bits per heavy atom. The molecule has 0 amide bonds. The summed E-state index contributed by atoms with van der Waals surface area (Å²) in [5, 5.41) is 3.49. The second-order valence-electron chi connectivity index (χ2n) is 4.39. The Bertz CT molecular complexity index is 364. The van der Waals surface area contributed by atoms with Crippen LogP contribution in [-0.2, 0) is 4.74 Å². The molecular formula is C12H17BrN2O. The third-order valence-corrected chi connectivity index (χ3v) is 3.91. The first-order valence-corrected chi connectivity index (χ1v) is 6.42. The average Bonchev–Trinajstić information content (AvgIpc) is 2.77. The van der Waals surface area contributed by atoms with Gasteiger partial charge >= 0.3 is 0 Å². The monoisotopic (exact) mass is 284 g/mol. The molecule has 0 aromatic carbocycles. The van der Waals surface area contributed by atoms with Crippen molar-refractivity contribution in [2.75, 3.05) is 18.5 Å². The Labute approximate surface area is 105 Å². The van der Waals surface area contributed by atoms with Crippen molar-refractivity contribution in [1.29, 1.82) is 0 Å². The second kappa shape index (κ2) is 5.15. The van der Waals surface area contributed by atoms with Crippen molar-refractivity contribution in [1.82, 2.24) is 4.98 Å². The Kier molecular flexibility index (Phi) is 3.82. The van der Waals surface area contributed by atoms with Crippen molar-refractivity contribution >= 4 is 21.6 Å². The van der Waals surface area contributed by atoms with E-state index in [0.29, 0.717) is 12.0 Å². The van der Waals surface area contributed by atoms with Gasteiger partial charge in [0.2, 0.25) is 0 Å². The van der Waals surface area contributed by atoms with E-state index in [2.05, 4.69) is 39.2 Å². The van der Waals surface area contributed by atoms with Gasteiger partial charge in [-0.3, -0.25) is 0 Å². The highest BCUT2D eigenvalue weighted by Gasteiger charge is 2.22. The summed E-state index contributed by atoms with van der Waals surface area (Å²) in [6.45, 7) is 6.02. The van der Waals surface area contributed by atoms with Crippen molar-refractivity contribution < 1.29 is 4.74 Å². The van der Waals surface area contributed by atoms with Crippen LogP contribution < -0.4 is 5.32 Å². The molecule has 1 N–H and O–H groups in total. The van der Waals surface area contributed by atoms with E-state index in [1.807, 2.05) is 13.1 Å². The van der Waals surface area contributed by atoms with Gasteiger partial charge in [0.1, 0.15) is 4.60 Å². The third-order valence-electron chi connectivity index (χ3n) is 3.08. The maximum absolute atomic E-state index is 5.40. The van der Waals surface area contributed by atoms with E-state index in [4.69, 9.17) is 4.74 Å². The fraction of sp³-hybridized carbons (Fsp3) is 0.583. The normalized spacial score (nSPS) is 22.1. The lowest BCUT2D eigenvalue weighted by atomic mass is 10.0. The minimum absolute atomic E-state index is 0.435. The van der Waals surface area contributed by atoms with Crippen LogP contribution in [0.2, 0.25) is 0 Å². The molecule has 1 aliphatic rings. The SMILES string of the molecule is Cc1cc(NC(C)C2CCOC2)cnc1Br. The quantitative estimate of drug-likeness (QED) is 0.867. The first-order valence-electron chi connectivity index (χ1n) is 5.63. The van der Waals surface area contributed by atoms with Gasteiger partial charge in [-0.05, 0) is 47.8 Å². The summed E-state index contributed by atoms with van der Waals surface area (Å²) in [5.74, 6) is 0.615. The standard InChI is InChI=1S/C12H17BrN2O/c1-8-5-11(6-14-12(8)13)15-9(2)10-3-4-16-7-10/h5-6,9-10,15H,3-4,7H2,1-2H3. The van der Waals surface area contributed by atoms with Gasteiger partial charge in [-0.1, -0.05) is 0 Å². The topological polar surface area (TPSA) is 34.1 Å². The van der Waals surface area contributed by atoms with Crippen molar-refractivity contribution in [3.05, 3.63) is 22.4 Å². The molecule has 1 aliphatic heterocycles. The van der Waals surface area contributed by atoms with Gasteiger partial charge in [-0.2, -0.15) is 0 Å². The number of pyridine rings is 1. The van der Waals surface area contributed by atoms with E-state index < -0.39 is 0 Å². The number of nitrogens with zero attached hydrogens (tertiary/aromatic N) is 1. The molecule has 2 heterocycles. The first kappa shape index (κ1) is 11.9. The maximum atomic E-state index is 5.40. The Balaban J connectivity index is 1.99. The number of hydrogen-bond donors (Lipinski definition) is 1. The van der Waals surface area contributed by atoms with Crippen LogP contribution in [0, 0.1) is 12.8 Å². The van der Waals surface area contributed by atoms with Crippen molar-refractivity contribution in [2.24, 2.45) is 5.92 Å². The van der Waals surface area contributed by atoms with Crippen molar-refractivity contribution in [3.63, 3.8) is 0 Å². The predicted octanol–water partition coefficient (Wildman–Crippen LogP) is 2.99. The Morgan fingerprint density at radius 2 is 2.44 bits per heavy atom. The lowest BCUT2D eigenvalue weighted by Crippen LogP contribution is -2.26. The summed E-state index contributed by atoms with van der Waals surface area (Å²) in [7, 11) is 0. The highest BCUT2D eigenvalue weighted by atomic mass is 79.9. The Hall–Kier alpha value is -0.610. The van der Waals surface area contributed by atoms with Crippen LogP contribution >= 0.6 is 15.9 Å². The minimum atomic E-state index is 0.435. The smallest absolute Gasteiger partial charge is 0.109 e. The van der Waals surface area contributed by atoms with Gasteiger partial charge in [-0.25, -0.2) is 4.98 Å². The lowest BCUT2D eigenvalue weighted by molar-refractivity contribution is 0.183. The predicted molar refractivity (Wildman–Crippen MR) is 68.7 cm³/mol. The number of anilines is 1. The zero-order valence-electron chi connectivity index (χ0n) is 9.66. The molecule has 0 bridgehead atoms. The third kappa shape index (κ3) is 2.74. The maximum Gasteiger partial charge on any atom is 0.109 e. The number of ether oxygens (including phenoxy) is 1. The van der Waals surface area contributed by atoms with Crippen LogP contribution in [0.1, 0.15) is 18.9 Å². The van der Waals surface area contributed by atoms with Crippen molar-refractivity contribution in [2.45, 2.75) is 26.3 Å². The number of aromatic nitrogens is 1. The fourth-order valence-corrected chi connectivity index (χ4v) is 2.18. The number of rotatable bonds is 3. The number of nitrogens with one attached hydrogen (secondary N) is 1. The van der Waals surface area contributed by atoms with Crippen LogP contribution in [0.5, 0.6) is 0 Å². The molecule has 3 nitrogen and oxygen atoms in total. The molecule has 2 rings (SSSR count). The molecule has 0 aliphatic carbocycles. The van der Waals surface area contributed by atoms with Gasteiger partial charge in [0.15, 0.2) is 0 Å². The van der Waals surface area contributed by atoms with Gasteiger partial charge in [0, 0.05) is 18.6 Å². The van der Waals surface area contributed by atoms with Gasteiger partial charge in [0.05, 0.1) is 18.5 Å². The number of halogens is 1. The van der Waals surface area contributed by atoms with Crippen LogP contribution in [-0.4, -0.2) is 24.2 Å².